The van der Waals surface area contributed by atoms with Gasteiger partial charge in [-0.3, -0.25) is 9.36 Å². The second-order valence-corrected chi connectivity index (χ2v) is 6.64. The average Bonchev–Trinajstić information content (AvgIpc) is 2.60. The van der Waals surface area contributed by atoms with Crippen LogP contribution in [0.2, 0.25) is 0 Å². The lowest BCUT2D eigenvalue weighted by molar-refractivity contribution is 0.411. The number of thioether (sulfide) groups is 1. The fraction of sp³-hybridized carbons (Fsp3) is 0.263. The molecule has 3 aromatic rings. The largest absolute Gasteiger partial charge is 0.495 e. The molecule has 5 heteroatoms. The van der Waals surface area contributed by atoms with Crippen LogP contribution in [0.3, 0.4) is 0 Å². The van der Waals surface area contributed by atoms with E-state index >= 15 is 0 Å². The van der Waals surface area contributed by atoms with Crippen molar-refractivity contribution in [2.45, 2.75) is 25.4 Å². The summed E-state index contributed by atoms with van der Waals surface area (Å²) in [7, 11) is 1.62. The van der Waals surface area contributed by atoms with Crippen LogP contribution in [0.5, 0.6) is 5.75 Å². The maximum atomic E-state index is 13.1. The first kappa shape index (κ1) is 16.6. The molecule has 0 bridgehead atoms. The Morgan fingerprint density at radius 3 is 2.75 bits per heavy atom. The van der Waals surface area contributed by atoms with E-state index in [1.54, 1.807) is 23.4 Å². The van der Waals surface area contributed by atoms with Crippen LogP contribution >= 0.6 is 11.8 Å². The third kappa shape index (κ3) is 3.04. The van der Waals surface area contributed by atoms with Crippen molar-refractivity contribution in [1.82, 2.24) is 9.55 Å². The normalized spacial score (nSPS) is 11.0. The fourth-order valence-electron chi connectivity index (χ4n) is 2.59. The molecule has 0 fully saturated rings. The van der Waals surface area contributed by atoms with Gasteiger partial charge in [0.2, 0.25) is 0 Å². The Kier molecular flexibility index (Phi) is 4.90. The molecule has 0 N–H and O–H groups in total. The Morgan fingerprint density at radius 2 is 2.00 bits per heavy atom. The van der Waals surface area contributed by atoms with Crippen molar-refractivity contribution >= 4 is 22.7 Å². The minimum atomic E-state index is -0.0666. The van der Waals surface area contributed by atoms with E-state index in [0.717, 1.165) is 28.9 Å². The van der Waals surface area contributed by atoms with Crippen LogP contribution in [0.15, 0.2) is 52.4 Å². The van der Waals surface area contributed by atoms with Gasteiger partial charge in [-0.1, -0.05) is 36.9 Å². The van der Waals surface area contributed by atoms with Gasteiger partial charge >= 0.3 is 0 Å². The zero-order valence-electron chi connectivity index (χ0n) is 14.1. The molecule has 1 aromatic heterocycles. The van der Waals surface area contributed by atoms with Crippen LogP contribution < -0.4 is 10.3 Å². The Labute approximate surface area is 145 Å². The smallest absolute Gasteiger partial charge is 0.266 e. The highest BCUT2D eigenvalue weighted by molar-refractivity contribution is 7.99. The molecule has 0 aliphatic heterocycles. The van der Waals surface area contributed by atoms with Crippen LogP contribution in [0.4, 0.5) is 0 Å². The van der Waals surface area contributed by atoms with Gasteiger partial charge < -0.3 is 4.74 Å². The molecule has 124 valence electrons. The van der Waals surface area contributed by atoms with Crippen LogP contribution in [0, 0.1) is 6.92 Å². The summed E-state index contributed by atoms with van der Waals surface area (Å²) in [4.78, 5) is 17.9. The lowest BCUT2D eigenvalue weighted by Crippen LogP contribution is -2.22. The third-order valence-electron chi connectivity index (χ3n) is 3.76. The van der Waals surface area contributed by atoms with Gasteiger partial charge in [-0.15, -0.1) is 0 Å². The van der Waals surface area contributed by atoms with E-state index in [4.69, 9.17) is 9.72 Å². The Morgan fingerprint density at radius 1 is 1.21 bits per heavy atom. The number of benzene rings is 2. The molecule has 1 heterocycles. The monoisotopic (exact) mass is 340 g/mol. The number of fused-ring (bicyclic) bond motifs is 1. The van der Waals surface area contributed by atoms with Crippen LogP contribution in [0.25, 0.3) is 16.6 Å². The first-order chi connectivity index (χ1) is 11.7. The average molecular weight is 340 g/mol. The number of hydrogen-bond acceptors (Lipinski definition) is 4. The Bertz CT molecular complexity index is 934. The first-order valence-electron chi connectivity index (χ1n) is 7.95. The minimum Gasteiger partial charge on any atom is -0.495 e. The fourth-order valence-corrected chi connectivity index (χ4v) is 3.45. The molecule has 0 unspecified atom stereocenters. The van der Waals surface area contributed by atoms with Crippen LogP contribution in [-0.4, -0.2) is 22.4 Å². The van der Waals surface area contributed by atoms with Crippen molar-refractivity contribution < 1.29 is 4.74 Å². The first-order valence-corrected chi connectivity index (χ1v) is 8.94. The number of aromatic nitrogens is 2. The molecule has 0 spiro atoms. The van der Waals surface area contributed by atoms with E-state index < -0.39 is 0 Å². The summed E-state index contributed by atoms with van der Waals surface area (Å²) >= 11 is 1.59. The van der Waals surface area contributed by atoms with E-state index in [0.29, 0.717) is 16.3 Å². The predicted octanol–water partition coefficient (Wildman–Crippen LogP) is 4.20. The summed E-state index contributed by atoms with van der Waals surface area (Å²) < 4.78 is 7.16. The van der Waals surface area contributed by atoms with Gasteiger partial charge in [-0.05, 0) is 43.2 Å². The van der Waals surface area contributed by atoms with Crippen molar-refractivity contribution in [1.29, 1.82) is 0 Å². The summed E-state index contributed by atoms with van der Waals surface area (Å²) in [6, 6.07) is 13.3. The lowest BCUT2D eigenvalue weighted by Gasteiger charge is -2.16. The molecule has 2 aromatic carbocycles. The molecule has 0 saturated carbocycles. The topological polar surface area (TPSA) is 44.1 Å². The zero-order chi connectivity index (χ0) is 17.1. The molecule has 3 rings (SSSR count). The van der Waals surface area contributed by atoms with Crippen LogP contribution in [-0.2, 0) is 0 Å². The SMILES string of the molecule is CCCSc1nc2ccccc2c(=O)n1-c1cc(C)ccc1OC. The number of rotatable bonds is 5. The maximum absolute atomic E-state index is 13.1. The molecule has 0 atom stereocenters. The lowest BCUT2D eigenvalue weighted by atomic mass is 10.2. The molecule has 4 nitrogen and oxygen atoms in total. The van der Waals surface area contributed by atoms with Crippen molar-refractivity contribution in [3.8, 4) is 11.4 Å². The maximum Gasteiger partial charge on any atom is 0.266 e. The van der Waals surface area contributed by atoms with Gasteiger partial charge in [0.1, 0.15) is 5.75 Å². The standard InChI is InChI=1S/C19H20N2O2S/c1-4-11-24-19-20-15-8-6-5-7-14(15)18(22)21(19)16-12-13(2)9-10-17(16)23-3/h5-10,12H,4,11H2,1-3H3. The minimum absolute atomic E-state index is 0.0666. The van der Waals surface area contributed by atoms with E-state index in [9.17, 15) is 4.79 Å². The predicted molar refractivity (Wildman–Crippen MR) is 99.6 cm³/mol. The molecule has 0 aliphatic rings. The summed E-state index contributed by atoms with van der Waals surface area (Å²) in [5.74, 6) is 1.57. The van der Waals surface area contributed by atoms with Gasteiger partial charge in [-0.25, -0.2) is 4.98 Å². The van der Waals surface area contributed by atoms with Gasteiger partial charge in [0.15, 0.2) is 5.16 Å². The number of hydrogen-bond donors (Lipinski definition) is 0. The summed E-state index contributed by atoms with van der Waals surface area (Å²) in [5, 5.41) is 1.31. The molecule has 0 radical (unpaired) electrons. The van der Waals surface area contributed by atoms with Crippen molar-refractivity contribution in [2.24, 2.45) is 0 Å². The summed E-state index contributed by atoms with van der Waals surface area (Å²) in [6.45, 7) is 4.12. The van der Waals surface area contributed by atoms with E-state index in [-0.39, 0.29) is 5.56 Å². The second-order valence-electron chi connectivity index (χ2n) is 5.58. The van der Waals surface area contributed by atoms with Crippen molar-refractivity contribution in [3.63, 3.8) is 0 Å². The van der Waals surface area contributed by atoms with E-state index in [1.807, 2.05) is 49.4 Å². The molecular weight excluding hydrogens is 320 g/mol. The number of aryl methyl sites for hydroxylation is 1. The van der Waals surface area contributed by atoms with Gasteiger partial charge in [0.25, 0.3) is 5.56 Å². The van der Waals surface area contributed by atoms with Gasteiger partial charge in [0, 0.05) is 5.75 Å². The molecule has 0 aliphatic carbocycles. The highest BCUT2D eigenvalue weighted by Crippen LogP contribution is 2.28. The summed E-state index contributed by atoms with van der Waals surface area (Å²) in [5.41, 5.74) is 2.46. The third-order valence-corrected chi connectivity index (χ3v) is 4.90. The van der Waals surface area contributed by atoms with Gasteiger partial charge in [0.05, 0.1) is 23.7 Å². The molecule has 0 amide bonds. The second kappa shape index (κ2) is 7.09. The molecule has 0 saturated heterocycles. The number of nitrogens with zero attached hydrogens (tertiary/aromatic N) is 2. The Hall–Kier alpha value is -2.27. The molecular formula is C19H20N2O2S. The summed E-state index contributed by atoms with van der Waals surface area (Å²) in [6.07, 6.45) is 1.01. The van der Waals surface area contributed by atoms with E-state index in [1.165, 1.54) is 0 Å². The number of para-hydroxylation sites is 1. The van der Waals surface area contributed by atoms with Gasteiger partial charge in [-0.2, -0.15) is 0 Å². The molecule has 24 heavy (non-hydrogen) atoms. The van der Waals surface area contributed by atoms with Crippen molar-refractivity contribution in [2.75, 3.05) is 12.9 Å². The number of ether oxygens (including phenoxy) is 1. The highest BCUT2D eigenvalue weighted by Gasteiger charge is 2.16. The number of methoxy groups -OCH3 is 1. The Balaban J connectivity index is 2.35. The van der Waals surface area contributed by atoms with E-state index in [2.05, 4.69) is 6.92 Å². The highest BCUT2D eigenvalue weighted by atomic mass is 32.2. The zero-order valence-corrected chi connectivity index (χ0v) is 14.9. The van der Waals surface area contributed by atoms with Crippen LogP contribution in [0.1, 0.15) is 18.9 Å². The quantitative estimate of drug-likeness (QED) is 0.516. The van der Waals surface area contributed by atoms with Crippen molar-refractivity contribution in [3.05, 3.63) is 58.4 Å².